The molecule has 10 heteroatoms. The lowest BCUT2D eigenvalue weighted by molar-refractivity contribution is -0.137. The number of amides is 2. The maximum Gasteiger partial charge on any atom is 0.285 e. The molecule has 0 N–H and O–H groups in total. The monoisotopic (exact) mass is 487 g/mol. The Hall–Kier alpha value is -2.46. The van der Waals surface area contributed by atoms with Gasteiger partial charge >= 0.3 is 0 Å². The molecule has 0 unspecified atom stereocenters. The van der Waals surface area contributed by atoms with Crippen molar-refractivity contribution in [3.05, 3.63) is 29.8 Å². The van der Waals surface area contributed by atoms with Crippen LogP contribution < -0.4 is 0 Å². The van der Waals surface area contributed by atoms with Crippen LogP contribution in [0, 0.1) is 0 Å². The molecule has 1 aromatic rings. The number of carbonyl (C=O) groups excluding carboxylic acids is 2. The molecule has 184 valence electrons. The highest BCUT2D eigenvalue weighted by molar-refractivity contribution is 7.90. The van der Waals surface area contributed by atoms with E-state index in [4.69, 9.17) is 0 Å². The van der Waals surface area contributed by atoms with E-state index in [9.17, 15) is 18.0 Å². The lowest BCUT2D eigenvalue weighted by Gasteiger charge is -2.38. The molecule has 0 saturated carbocycles. The minimum atomic E-state index is -3.72. The van der Waals surface area contributed by atoms with Gasteiger partial charge in [-0.1, -0.05) is 25.0 Å². The number of fused-ring (bicyclic) bond motifs is 1. The van der Waals surface area contributed by atoms with E-state index in [1.807, 2.05) is 14.7 Å². The molecule has 0 bridgehead atoms. The summed E-state index contributed by atoms with van der Waals surface area (Å²) in [6.07, 6.45) is 6.08. The number of piperazine rings is 1. The van der Waals surface area contributed by atoms with Gasteiger partial charge in [0.05, 0.1) is 6.54 Å². The molecular weight excluding hydrogens is 454 g/mol. The molecule has 5 rings (SSSR count). The number of rotatable bonds is 3. The van der Waals surface area contributed by atoms with Crippen molar-refractivity contribution in [2.75, 3.05) is 52.4 Å². The number of hydrogen-bond donors (Lipinski definition) is 0. The Bertz CT molecular complexity index is 1070. The number of sulfonamides is 1. The van der Waals surface area contributed by atoms with E-state index < -0.39 is 16.1 Å². The van der Waals surface area contributed by atoms with E-state index in [1.54, 1.807) is 24.3 Å². The highest BCUT2D eigenvalue weighted by Gasteiger charge is 2.41. The SMILES string of the molecule is O=C(CN1CCN(C(=O)[C@@H]2CCCN2C2=NS(=O)(=O)c3ccccc32)CC1)N1CCCCCC1. The summed E-state index contributed by atoms with van der Waals surface area (Å²) in [4.78, 5) is 34.3. The summed E-state index contributed by atoms with van der Waals surface area (Å²) in [7, 11) is -3.72. The number of amidine groups is 1. The van der Waals surface area contributed by atoms with E-state index in [2.05, 4.69) is 9.30 Å². The van der Waals surface area contributed by atoms with Gasteiger partial charge in [0.1, 0.15) is 10.9 Å². The fourth-order valence-corrected chi connectivity index (χ4v) is 6.74. The van der Waals surface area contributed by atoms with Gasteiger partial charge in [0, 0.05) is 51.4 Å². The molecular formula is C24H33N5O4S. The van der Waals surface area contributed by atoms with Gasteiger partial charge in [0.25, 0.3) is 10.0 Å². The normalized spacial score (nSPS) is 25.1. The van der Waals surface area contributed by atoms with Crippen molar-refractivity contribution >= 4 is 27.7 Å². The quantitative estimate of drug-likeness (QED) is 0.635. The van der Waals surface area contributed by atoms with Crippen LogP contribution in [-0.4, -0.2) is 104 Å². The van der Waals surface area contributed by atoms with Crippen molar-refractivity contribution in [3.8, 4) is 0 Å². The first-order valence-electron chi connectivity index (χ1n) is 12.4. The second-order valence-electron chi connectivity index (χ2n) is 9.63. The first-order valence-corrected chi connectivity index (χ1v) is 13.9. The molecule has 0 spiro atoms. The van der Waals surface area contributed by atoms with Crippen molar-refractivity contribution in [1.82, 2.24) is 19.6 Å². The van der Waals surface area contributed by atoms with Crippen molar-refractivity contribution in [3.63, 3.8) is 0 Å². The lowest BCUT2D eigenvalue weighted by atomic mass is 10.1. The third-order valence-corrected chi connectivity index (χ3v) is 8.75. The van der Waals surface area contributed by atoms with Crippen LogP contribution in [0.4, 0.5) is 0 Å². The average Bonchev–Trinajstić information content (AvgIpc) is 3.30. The Kier molecular flexibility index (Phi) is 6.61. The maximum absolute atomic E-state index is 13.4. The fourth-order valence-electron chi connectivity index (χ4n) is 5.52. The molecule has 1 aromatic carbocycles. The summed E-state index contributed by atoms with van der Waals surface area (Å²) in [5, 5.41) is 0. The molecule has 0 radical (unpaired) electrons. The Balaban J connectivity index is 1.20. The van der Waals surface area contributed by atoms with Gasteiger partial charge in [-0.25, -0.2) is 0 Å². The zero-order chi connectivity index (χ0) is 23.7. The Morgan fingerprint density at radius 1 is 0.853 bits per heavy atom. The van der Waals surface area contributed by atoms with E-state index >= 15 is 0 Å². The van der Waals surface area contributed by atoms with Crippen LogP contribution in [0.15, 0.2) is 33.6 Å². The second kappa shape index (κ2) is 9.65. The molecule has 4 aliphatic rings. The van der Waals surface area contributed by atoms with Crippen LogP contribution in [0.3, 0.4) is 0 Å². The molecule has 0 aromatic heterocycles. The van der Waals surface area contributed by atoms with Crippen molar-refractivity contribution in [1.29, 1.82) is 0 Å². The molecule has 4 aliphatic heterocycles. The molecule has 0 aliphatic carbocycles. The van der Waals surface area contributed by atoms with Crippen LogP contribution >= 0.6 is 0 Å². The minimum absolute atomic E-state index is 0.0282. The van der Waals surface area contributed by atoms with Gasteiger partial charge in [-0.3, -0.25) is 14.5 Å². The van der Waals surface area contributed by atoms with Crippen LogP contribution in [0.1, 0.15) is 44.1 Å². The Morgan fingerprint density at radius 3 is 2.29 bits per heavy atom. The van der Waals surface area contributed by atoms with Crippen molar-refractivity contribution < 1.29 is 18.0 Å². The largest absolute Gasteiger partial charge is 0.343 e. The Morgan fingerprint density at radius 2 is 1.56 bits per heavy atom. The molecule has 4 heterocycles. The minimum Gasteiger partial charge on any atom is -0.343 e. The number of nitrogens with zero attached hydrogens (tertiary/aromatic N) is 5. The topological polar surface area (TPSA) is 93.6 Å². The van der Waals surface area contributed by atoms with Crippen LogP contribution in [0.5, 0.6) is 0 Å². The van der Waals surface area contributed by atoms with Crippen LogP contribution in [-0.2, 0) is 19.6 Å². The standard InChI is InChI=1S/C24H33N5O4S/c30-22(27-11-5-1-2-6-12-27)18-26-14-16-28(17-15-26)24(31)20-9-7-13-29(20)23-19-8-3-4-10-21(19)34(32,33)25-23/h3-4,8,10,20H,1-2,5-7,9,11-18H2/t20-/m0/s1. The zero-order valence-electron chi connectivity index (χ0n) is 19.6. The molecule has 1 atom stereocenters. The predicted molar refractivity (Wildman–Crippen MR) is 128 cm³/mol. The van der Waals surface area contributed by atoms with Gasteiger partial charge in [-0.2, -0.15) is 8.42 Å². The van der Waals surface area contributed by atoms with Gasteiger partial charge < -0.3 is 14.7 Å². The van der Waals surface area contributed by atoms with E-state index in [0.29, 0.717) is 57.1 Å². The first-order chi connectivity index (χ1) is 16.4. The predicted octanol–water partition coefficient (Wildman–Crippen LogP) is 1.15. The second-order valence-corrected chi connectivity index (χ2v) is 11.2. The molecule has 3 saturated heterocycles. The smallest absolute Gasteiger partial charge is 0.285 e. The maximum atomic E-state index is 13.4. The van der Waals surface area contributed by atoms with Crippen LogP contribution in [0.25, 0.3) is 0 Å². The Labute approximate surface area is 201 Å². The van der Waals surface area contributed by atoms with Crippen molar-refractivity contribution in [2.24, 2.45) is 4.40 Å². The molecule has 2 amide bonds. The summed E-state index contributed by atoms with van der Waals surface area (Å²) in [6, 6.07) is 6.43. The summed E-state index contributed by atoms with van der Waals surface area (Å²) in [5.74, 6) is 0.622. The fraction of sp³-hybridized carbons (Fsp3) is 0.625. The number of benzene rings is 1. The first kappa shape index (κ1) is 23.3. The van der Waals surface area contributed by atoms with Gasteiger partial charge in [-0.05, 0) is 37.8 Å². The summed E-state index contributed by atoms with van der Waals surface area (Å²) in [5.41, 5.74) is 0.582. The number of hydrogen-bond acceptors (Lipinski definition) is 6. The average molecular weight is 488 g/mol. The summed E-state index contributed by atoms with van der Waals surface area (Å²) in [6.45, 7) is 5.27. The van der Waals surface area contributed by atoms with Gasteiger partial charge in [0.2, 0.25) is 11.8 Å². The van der Waals surface area contributed by atoms with Crippen molar-refractivity contribution in [2.45, 2.75) is 49.5 Å². The van der Waals surface area contributed by atoms with Gasteiger partial charge in [0.15, 0.2) is 5.84 Å². The third kappa shape index (κ3) is 4.57. The molecule has 3 fully saturated rings. The summed E-state index contributed by atoms with van der Waals surface area (Å²) >= 11 is 0. The number of carbonyl (C=O) groups is 2. The van der Waals surface area contributed by atoms with Crippen LogP contribution in [0.2, 0.25) is 0 Å². The zero-order valence-corrected chi connectivity index (χ0v) is 20.4. The molecule has 9 nitrogen and oxygen atoms in total. The summed E-state index contributed by atoms with van der Waals surface area (Å²) < 4.78 is 29.1. The van der Waals surface area contributed by atoms with E-state index in [0.717, 1.165) is 32.4 Å². The van der Waals surface area contributed by atoms with Gasteiger partial charge in [-0.15, -0.1) is 4.40 Å². The number of likely N-dealkylation sites (tertiary alicyclic amines) is 2. The highest BCUT2D eigenvalue weighted by Crippen LogP contribution is 2.31. The van der Waals surface area contributed by atoms with E-state index in [-0.39, 0.29) is 16.7 Å². The van der Waals surface area contributed by atoms with E-state index in [1.165, 1.54) is 12.8 Å². The third-order valence-electron chi connectivity index (χ3n) is 7.42. The highest BCUT2D eigenvalue weighted by atomic mass is 32.2. The lowest BCUT2D eigenvalue weighted by Crippen LogP contribution is -2.55. The molecule has 34 heavy (non-hydrogen) atoms.